The van der Waals surface area contributed by atoms with Crippen molar-refractivity contribution in [3.63, 3.8) is 0 Å². The van der Waals surface area contributed by atoms with Crippen LogP contribution in [0.15, 0.2) is 60.7 Å². The molecule has 4 heteroatoms. The number of hydrazine groups is 1. The van der Waals surface area contributed by atoms with E-state index in [1.54, 1.807) is 0 Å². The Balaban J connectivity index is 0.00000169. The van der Waals surface area contributed by atoms with Crippen LogP contribution < -0.4 is 0 Å². The van der Waals surface area contributed by atoms with Crippen LogP contribution in [0.1, 0.15) is 36.1 Å². The van der Waals surface area contributed by atoms with Crippen molar-refractivity contribution < 1.29 is 4.74 Å². The minimum Gasteiger partial charge on any atom is -0.371 e. The zero-order chi connectivity index (χ0) is 15.5. The van der Waals surface area contributed by atoms with Crippen molar-refractivity contribution in [1.82, 2.24) is 10.0 Å². The molecule has 0 amide bonds. The predicted molar refractivity (Wildman–Crippen MR) is 99.1 cm³/mol. The number of halogens is 1. The molecule has 24 heavy (non-hydrogen) atoms. The van der Waals surface area contributed by atoms with Crippen molar-refractivity contribution >= 4 is 12.4 Å². The summed E-state index contributed by atoms with van der Waals surface area (Å²) in [5, 5.41) is 5.10. The number of nitrogens with zero attached hydrogens (tertiary/aromatic N) is 2. The minimum absolute atomic E-state index is 0. The molecule has 0 aliphatic carbocycles. The van der Waals surface area contributed by atoms with Crippen molar-refractivity contribution in [2.24, 2.45) is 0 Å². The molecule has 0 N–H and O–H groups in total. The predicted octanol–water partition coefficient (Wildman–Crippen LogP) is 4.23. The monoisotopic (exact) mass is 344 g/mol. The Labute approximate surface area is 150 Å². The highest BCUT2D eigenvalue weighted by Crippen LogP contribution is 2.35. The summed E-state index contributed by atoms with van der Waals surface area (Å²) in [4.78, 5) is 0. The Morgan fingerprint density at radius 2 is 1.50 bits per heavy atom. The fraction of sp³-hybridized carbons (Fsp3) is 0.400. The summed E-state index contributed by atoms with van der Waals surface area (Å²) >= 11 is 0. The third kappa shape index (κ3) is 3.65. The van der Waals surface area contributed by atoms with Crippen molar-refractivity contribution in [3.05, 3.63) is 71.8 Å². The molecule has 2 atom stereocenters. The van der Waals surface area contributed by atoms with Gasteiger partial charge in [-0.05, 0) is 24.0 Å². The standard InChI is InChI=1S/C20H24N2O.ClH/c1-3-8-17(9-4-1)19-12-7-13-22(19)21-14-15-23-20(16-21)18-10-5-2-6-11-18;/h1-6,8-11,19-20H,7,12-16H2;1H/t19-,20?;/m0./s1. The van der Waals surface area contributed by atoms with Gasteiger partial charge < -0.3 is 4.74 Å². The van der Waals surface area contributed by atoms with Gasteiger partial charge in [-0.15, -0.1) is 12.4 Å². The Bertz CT molecular complexity index is 622. The second-order valence-electron chi connectivity index (χ2n) is 6.41. The summed E-state index contributed by atoms with van der Waals surface area (Å²) in [5.41, 5.74) is 2.72. The molecule has 2 aromatic carbocycles. The van der Waals surface area contributed by atoms with Crippen LogP contribution in [0.4, 0.5) is 0 Å². The molecule has 0 bridgehead atoms. The minimum atomic E-state index is 0. The lowest BCUT2D eigenvalue weighted by atomic mass is 10.1. The molecule has 4 rings (SSSR count). The number of hydrogen-bond donors (Lipinski definition) is 0. The maximum absolute atomic E-state index is 6.03. The van der Waals surface area contributed by atoms with E-state index < -0.39 is 0 Å². The van der Waals surface area contributed by atoms with Gasteiger partial charge in [-0.25, -0.2) is 10.0 Å². The first-order valence-corrected chi connectivity index (χ1v) is 8.65. The van der Waals surface area contributed by atoms with Crippen molar-refractivity contribution in [1.29, 1.82) is 0 Å². The summed E-state index contributed by atoms with van der Waals surface area (Å²) in [7, 11) is 0. The van der Waals surface area contributed by atoms with E-state index in [0.717, 1.165) is 26.2 Å². The van der Waals surface area contributed by atoms with E-state index in [1.807, 2.05) is 0 Å². The van der Waals surface area contributed by atoms with E-state index >= 15 is 0 Å². The molecule has 2 heterocycles. The molecular formula is C20H25ClN2O. The lowest BCUT2D eigenvalue weighted by molar-refractivity contribution is -0.131. The Morgan fingerprint density at radius 3 is 2.21 bits per heavy atom. The summed E-state index contributed by atoms with van der Waals surface area (Å²) < 4.78 is 6.03. The van der Waals surface area contributed by atoms with E-state index in [0.29, 0.717) is 6.04 Å². The van der Waals surface area contributed by atoms with E-state index in [9.17, 15) is 0 Å². The maximum Gasteiger partial charge on any atom is 0.0966 e. The molecule has 2 aliphatic rings. The quantitative estimate of drug-likeness (QED) is 0.828. The normalized spacial score (nSPS) is 25.3. The smallest absolute Gasteiger partial charge is 0.0966 e. The maximum atomic E-state index is 6.03. The van der Waals surface area contributed by atoms with E-state index in [1.165, 1.54) is 24.0 Å². The molecule has 2 saturated heterocycles. The first-order valence-electron chi connectivity index (χ1n) is 8.65. The number of morpholine rings is 1. The average molecular weight is 345 g/mol. The first-order chi connectivity index (χ1) is 11.4. The molecule has 3 nitrogen and oxygen atoms in total. The fourth-order valence-corrected chi connectivity index (χ4v) is 3.84. The molecule has 0 saturated carbocycles. The number of ether oxygens (including phenoxy) is 1. The molecule has 128 valence electrons. The van der Waals surface area contributed by atoms with Gasteiger partial charge in [0.15, 0.2) is 0 Å². The highest BCUT2D eigenvalue weighted by atomic mass is 35.5. The zero-order valence-corrected chi connectivity index (χ0v) is 14.7. The van der Waals surface area contributed by atoms with E-state index in [2.05, 4.69) is 70.7 Å². The molecule has 0 radical (unpaired) electrons. The Kier molecular flexibility index (Phi) is 5.90. The lowest BCUT2D eigenvalue weighted by Gasteiger charge is -2.41. The van der Waals surface area contributed by atoms with Gasteiger partial charge in [0, 0.05) is 25.7 Å². The summed E-state index contributed by atoms with van der Waals surface area (Å²) in [6, 6.07) is 22.1. The zero-order valence-electron chi connectivity index (χ0n) is 13.9. The number of rotatable bonds is 3. The van der Waals surface area contributed by atoms with Crippen LogP contribution in [0.25, 0.3) is 0 Å². The Morgan fingerprint density at radius 1 is 0.833 bits per heavy atom. The molecule has 0 spiro atoms. The van der Waals surface area contributed by atoms with Crippen LogP contribution in [0, 0.1) is 0 Å². The lowest BCUT2D eigenvalue weighted by Crippen LogP contribution is -2.49. The average Bonchev–Trinajstić information content (AvgIpc) is 3.13. The van der Waals surface area contributed by atoms with Crippen LogP contribution in [0.5, 0.6) is 0 Å². The van der Waals surface area contributed by atoms with Crippen LogP contribution in [0.2, 0.25) is 0 Å². The van der Waals surface area contributed by atoms with Gasteiger partial charge in [-0.3, -0.25) is 0 Å². The van der Waals surface area contributed by atoms with Crippen LogP contribution in [-0.2, 0) is 4.74 Å². The third-order valence-electron chi connectivity index (χ3n) is 4.99. The van der Waals surface area contributed by atoms with E-state index in [-0.39, 0.29) is 18.5 Å². The van der Waals surface area contributed by atoms with Crippen LogP contribution >= 0.6 is 12.4 Å². The summed E-state index contributed by atoms with van der Waals surface area (Å²) in [5.74, 6) is 0. The molecular weight excluding hydrogens is 320 g/mol. The van der Waals surface area contributed by atoms with Crippen LogP contribution in [0.3, 0.4) is 0 Å². The van der Waals surface area contributed by atoms with Gasteiger partial charge in [0.05, 0.1) is 12.7 Å². The fourth-order valence-electron chi connectivity index (χ4n) is 3.84. The van der Waals surface area contributed by atoms with Gasteiger partial charge in [-0.1, -0.05) is 60.7 Å². The van der Waals surface area contributed by atoms with Gasteiger partial charge in [0.1, 0.15) is 0 Å². The highest BCUT2D eigenvalue weighted by molar-refractivity contribution is 5.85. The first kappa shape index (κ1) is 17.4. The second-order valence-corrected chi connectivity index (χ2v) is 6.41. The molecule has 2 aliphatic heterocycles. The van der Waals surface area contributed by atoms with Gasteiger partial charge in [0.25, 0.3) is 0 Å². The molecule has 2 aromatic rings. The van der Waals surface area contributed by atoms with Gasteiger partial charge >= 0.3 is 0 Å². The van der Waals surface area contributed by atoms with Gasteiger partial charge in [0.2, 0.25) is 0 Å². The highest BCUT2D eigenvalue weighted by Gasteiger charge is 2.33. The van der Waals surface area contributed by atoms with Crippen molar-refractivity contribution in [2.75, 3.05) is 26.2 Å². The topological polar surface area (TPSA) is 15.7 Å². The van der Waals surface area contributed by atoms with E-state index in [4.69, 9.17) is 4.74 Å². The Hall–Kier alpha value is -1.39. The third-order valence-corrected chi connectivity index (χ3v) is 4.99. The SMILES string of the molecule is Cl.c1ccc(C2CN(N3CCC[C@H]3c3ccccc3)CCO2)cc1. The summed E-state index contributed by atoms with van der Waals surface area (Å²) in [6.45, 7) is 3.90. The molecule has 0 aromatic heterocycles. The van der Waals surface area contributed by atoms with Gasteiger partial charge in [-0.2, -0.15) is 0 Å². The van der Waals surface area contributed by atoms with Crippen molar-refractivity contribution in [2.45, 2.75) is 25.0 Å². The van der Waals surface area contributed by atoms with Crippen molar-refractivity contribution in [3.8, 4) is 0 Å². The summed E-state index contributed by atoms with van der Waals surface area (Å²) in [6.07, 6.45) is 2.70. The molecule has 2 fully saturated rings. The number of benzene rings is 2. The molecule has 1 unspecified atom stereocenters. The van der Waals surface area contributed by atoms with Crippen LogP contribution in [-0.4, -0.2) is 36.3 Å². The number of hydrogen-bond acceptors (Lipinski definition) is 3. The largest absolute Gasteiger partial charge is 0.371 e. The second kappa shape index (κ2) is 8.13.